The van der Waals surface area contributed by atoms with Crippen molar-refractivity contribution in [1.29, 1.82) is 0 Å². The molecule has 3 heterocycles. The highest BCUT2D eigenvalue weighted by Crippen LogP contribution is 2.27. The van der Waals surface area contributed by atoms with Gasteiger partial charge in [-0.25, -0.2) is 18.4 Å². The Morgan fingerprint density at radius 3 is 2.44 bits per heavy atom. The van der Waals surface area contributed by atoms with Crippen molar-refractivity contribution in [2.24, 2.45) is 0 Å². The van der Waals surface area contributed by atoms with E-state index >= 15 is 0 Å². The fourth-order valence-corrected chi connectivity index (χ4v) is 8.02. The maximum atomic E-state index is 12.8. The second kappa shape index (κ2) is 12.8. The lowest BCUT2D eigenvalue weighted by atomic mass is 9.90. The van der Waals surface area contributed by atoms with E-state index in [4.69, 9.17) is 11.6 Å². The molecule has 1 N–H and O–H groups in total. The smallest absolute Gasteiger partial charge is 0.222 e. The molecule has 2 aliphatic rings. The number of halogens is 1. The summed E-state index contributed by atoms with van der Waals surface area (Å²) in [4.78, 5) is 16.4. The molecule has 3 aromatic rings. The predicted octanol–water partition coefficient (Wildman–Crippen LogP) is 5.75. The molecule has 7 nitrogen and oxygen atoms in total. The van der Waals surface area contributed by atoms with Crippen molar-refractivity contribution in [1.82, 2.24) is 19.9 Å². The molecule has 0 radical (unpaired) electrons. The topological polar surface area (TPSA) is 88.1 Å². The van der Waals surface area contributed by atoms with E-state index in [1.54, 1.807) is 24.3 Å². The Kier molecular flexibility index (Phi) is 9.22. The first-order chi connectivity index (χ1) is 18.9. The molecule has 5 rings (SSSR count). The monoisotopic (exact) mass is 583 g/mol. The van der Waals surface area contributed by atoms with E-state index in [0.717, 1.165) is 35.7 Å². The second-order valence-corrected chi connectivity index (χ2v) is 13.7. The Morgan fingerprint density at radius 2 is 1.74 bits per heavy atom. The van der Waals surface area contributed by atoms with Gasteiger partial charge in [0.2, 0.25) is 5.95 Å². The maximum absolute atomic E-state index is 12.8. The summed E-state index contributed by atoms with van der Waals surface area (Å²) in [6.45, 7) is 4.33. The highest BCUT2D eigenvalue weighted by atomic mass is 35.5. The van der Waals surface area contributed by atoms with Crippen LogP contribution in [0.15, 0.2) is 53.7 Å². The first-order valence-corrected chi connectivity index (χ1v) is 16.6. The van der Waals surface area contributed by atoms with E-state index < -0.39 is 9.84 Å². The molecule has 2 fully saturated rings. The summed E-state index contributed by atoms with van der Waals surface area (Å²) in [5, 5.41) is 3.74. The third kappa shape index (κ3) is 7.39. The number of pyridine rings is 1. The maximum Gasteiger partial charge on any atom is 0.222 e. The van der Waals surface area contributed by atoms with Crippen molar-refractivity contribution >= 4 is 51.3 Å². The van der Waals surface area contributed by atoms with Crippen molar-refractivity contribution in [2.75, 3.05) is 29.9 Å². The van der Waals surface area contributed by atoms with Crippen LogP contribution >= 0.6 is 23.4 Å². The van der Waals surface area contributed by atoms with Crippen LogP contribution in [0.1, 0.15) is 48.2 Å². The van der Waals surface area contributed by atoms with Crippen LogP contribution in [0.5, 0.6) is 0 Å². The number of thioether (sulfide) groups is 1. The van der Waals surface area contributed by atoms with Gasteiger partial charge in [0.25, 0.3) is 0 Å². The van der Waals surface area contributed by atoms with Crippen LogP contribution in [0.25, 0.3) is 12.2 Å². The number of benzene rings is 1. The number of hydrogen-bond acceptors (Lipinski definition) is 8. The van der Waals surface area contributed by atoms with Crippen LogP contribution in [0.2, 0.25) is 5.02 Å². The highest BCUT2D eigenvalue weighted by Gasteiger charge is 2.27. The lowest BCUT2D eigenvalue weighted by Gasteiger charge is -2.38. The average Bonchev–Trinajstić information content (AvgIpc) is 2.94. The SMILES string of the molecule is Cc1nc(CS(=O)(=O)c2ccccc2Cl)ccc1/C=C/c1cnc(NC2CCC(N3CCSCC3)CC2)nc1. The number of aryl methyl sites for hydroxylation is 1. The highest BCUT2D eigenvalue weighted by molar-refractivity contribution is 7.99. The summed E-state index contributed by atoms with van der Waals surface area (Å²) in [5.74, 6) is 3.00. The van der Waals surface area contributed by atoms with Gasteiger partial charge in [-0.3, -0.25) is 9.88 Å². The van der Waals surface area contributed by atoms with E-state index in [2.05, 4.69) is 36.9 Å². The van der Waals surface area contributed by atoms with Crippen LogP contribution in [0.3, 0.4) is 0 Å². The van der Waals surface area contributed by atoms with Gasteiger partial charge in [0.15, 0.2) is 9.84 Å². The zero-order chi connectivity index (χ0) is 27.2. The zero-order valence-corrected chi connectivity index (χ0v) is 24.5. The first kappa shape index (κ1) is 28.1. The lowest BCUT2D eigenvalue weighted by molar-refractivity contribution is 0.166. The summed E-state index contributed by atoms with van der Waals surface area (Å²) in [5.41, 5.74) is 3.01. The van der Waals surface area contributed by atoms with Gasteiger partial charge in [-0.05, 0) is 56.4 Å². The summed E-state index contributed by atoms with van der Waals surface area (Å²) < 4.78 is 25.6. The average molecular weight is 584 g/mol. The van der Waals surface area contributed by atoms with Gasteiger partial charge < -0.3 is 5.32 Å². The third-order valence-corrected chi connectivity index (χ3v) is 10.5. The van der Waals surface area contributed by atoms with Gasteiger partial charge in [0.05, 0.1) is 21.4 Å². The Morgan fingerprint density at radius 1 is 1.03 bits per heavy atom. The minimum atomic E-state index is -3.59. The number of nitrogens with zero attached hydrogens (tertiary/aromatic N) is 4. The standard InChI is InChI=1S/C29H34ClN5O2S2/c1-21-23(8-9-25(33-21)20-39(36,37)28-5-3-2-4-27(28)30)7-6-22-18-31-29(32-19-22)34-24-10-12-26(13-11-24)35-14-16-38-17-15-35/h2-9,18-19,24,26H,10-17,20H2,1H3,(H,31,32,34)/b7-6+. The number of aromatic nitrogens is 3. The number of anilines is 1. The van der Waals surface area contributed by atoms with E-state index in [1.807, 2.05) is 37.5 Å². The second-order valence-electron chi connectivity index (χ2n) is 10.1. The minimum absolute atomic E-state index is 0.123. The molecule has 10 heteroatoms. The Hall–Kier alpha value is -2.46. The molecular weight excluding hydrogens is 550 g/mol. The molecule has 0 spiro atoms. The lowest BCUT2D eigenvalue weighted by Crippen LogP contribution is -2.44. The van der Waals surface area contributed by atoms with Crippen molar-refractivity contribution < 1.29 is 8.42 Å². The summed E-state index contributed by atoms with van der Waals surface area (Å²) in [6.07, 6.45) is 12.3. The van der Waals surface area contributed by atoms with E-state index in [-0.39, 0.29) is 15.7 Å². The molecule has 1 aliphatic heterocycles. The van der Waals surface area contributed by atoms with Crippen LogP contribution in [0.4, 0.5) is 5.95 Å². The van der Waals surface area contributed by atoms with Crippen LogP contribution in [0, 0.1) is 6.92 Å². The van der Waals surface area contributed by atoms with Gasteiger partial charge in [-0.15, -0.1) is 0 Å². The predicted molar refractivity (Wildman–Crippen MR) is 161 cm³/mol. The van der Waals surface area contributed by atoms with Crippen molar-refractivity contribution in [3.05, 3.63) is 76.3 Å². The zero-order valence-electron chi connectivity index (χ0n) is 22.1. The van der Waals surface area contributed by atoms with Crippen LogP contribution in [-0.4, -0.2) is 64.9 Å². The molecule has 1 saturated carbocycles. The van der Waals surface area contributed by atoms with Gasteiger partial charge in [-0.2, -0.15) is 11.8 Å². The van der Waals surface area contributed by atoms with Crippen molar-refractivity contribution in [3.8, 4) is 0 Å². The number of rotatable bonds is 8. The first-order valence-electron chi connectivity index (χ1n) is 13.4. The van der Waals surface area contributed by atoms with Gasteiger partial charge in [0, 0.05) is 60.3 Å². The van der Waals surface area contributed by atoms with Crippen molar-refractivity contribution in [2.45, 2.75) is 55.3 Å². The van der Waals surface area contributed by atoms with Gasteiger partial charge in [-0.1, -0.05) is 42.0 Å². The molecule has 206 valence electrons. The molecule has 1 aliphatic carbocycles. The third-order valence-electron chi connectivity index (χ3n) is 7.41. The van der Waals surface area contributed by atoms with E-state index in [1.165, 1.54) is 43.5 Å². The fraction of sp³-hybridized carbons (Fsp3) is 0.414. The van der Waals surface area contributed by atoms with Crippen LogP contribution in [-0.2, 0) is 15.6 Å². The van der Waals surface area contributed by atoms with Crippen molar-refractivity contribution in [3.63, 3.8) is 0 Å². The molecule has 0 bridgehead atoms. The van der Waals surface area contributed by atoms with E-state index in [9.17, 15) is 8.42 Å². The Labute approximate surface area is 240 Å². The molecule has 0 amide bonds. The molecule has 1 aromatic carbocycles. The summed E-state index contributed by atoms with van der Waals surface area (Å²) in [7, 11) is -3.59. The molecule has 0 atom stereocenters. The number of nitrogens with one attached hydrogen (secondary N) is 1. The van der Waals surface area contributed by atoms with Gasteiger partial charge in [0.1, 0.15) is 0 Å². The molecular formula is C29H34ClN5O2S2. The normalized spacial score (nSPS) is 20.8. The molecule has 1 saturated heterocycles. The summed E-state index contributed by atoms with van der Waals surface area (Å²) >= 11 is 8.16. The number of hydrogen-bond donors (Lipinski definition) is 1. The Balaban J connectivity index is 1.14. The summed E-state index contributed by atoms with van der Waals surface area (Å²) in [6, 6.07) is 11.3. The Bertz CT molecular complexity index is 1400. The molecule has 0 unspecified atom stereocenters. The fourth-order valence-electron chi connectivity index (χ4n) is 5.24. The van der Waals surface area contributed by atoms with E-state index in [0.29, 0.717) is 17.7 Å². The van der Waals surface area contributed by atoms with Gasteiger partial charge >= 0.3 is 0 Å². The molecule has 2 aromatic heterocycles. The molecule has 39 heavy (non-hydrogen) atoms. The number of sulfone groups is 1. The minimum Gasteiger partial charge on any atom is -0.351 e. The van der Waals surface area contributed by atoms with Crippen LogP contribution < -0.4 is 5.32 Å². The largest absolute Gasteiger partial charge is 0.351 e. The quantitative estimate of drug-likeness (QED) is 0.359.